The molecule has 1 N–H and O–H groups in total. The van der Waals surface area contributed by atoms with Crippen molar-refractivity contribution < 1.29 is 0 Å². The summed E-state index contributed by atoms with van der Waals surface area (Å²) in [5.74, 6) is 0. The molecule has 3 heteroatoms. The fourth-order valence-electron chi connectivity index (χ4n) is 4.29. The molecule has 1 fully saturated rings. The van der Waals surface area contributed by atoms with Gasteiger partial charge in [-0.05, 0) is 36.2 Å². The van der Waals surface area contributed by atoms with E-state index < -0.39 is 0 Å². The zero-order valence-corrected chi connectivity index (χ0v) is 13.5. The van der Waals surface area contributed by atoms with E-state index in [1.54, 1.807) is 0 Å². The Morgan fingerprint density at radius 3 is 2.43 bits per heavy atom. The fraction of sp³-hybridized carbons (Fsp3) is 0.556. The van der Waals surface area contributed by atoms with E-state index in [1.807, 2.05) is 18.3 Å². The van der Waals surface area contributed by atoms with Gasteiger partial charge in [-0.1, -0.05) is 45.9 Å². The maximum atomic E-state index is 4.20. The molecule has 0 saturated heterocycles. The van der Waals surface area contributed by atoms with Crippen LogP contribution in [-0.2, 0) is 0 Å². The Morgan fingerprint density at radius 1 is 1.05 bits per heavy atom. The van der Waals surface area contributed by atoms with Crippen LogP contribution in [0.15, 0.2) is 30.5 Å². The van der Waals surface area contributed by atoms with Crippen LogP contribution in [0.3, 0.4) is 0 Å². The summed E-state index contributed by atoms with van der Waals surface area (Å²) in [6.07, 6.45) is 5.55. The van der Waals surface area contributed by atoms with Crippen LogP contribution in [0.5, 0.6) is 0 Å². The van der Waals surface area contributed by atoms with Crippen LogP contribution in [0, 0.1) is 10.8 Å². The Bertz CT molecular complexity index is 624. The van der Waals surface area contributed by atoms with Crippen molar-refractivity contribution in [3.8, 4) is 0 Å². The van der Waals surface area contributed by atoms with Crippen LogP contribution in [0.25, 0.3) is 10.9 Å². The predicted octanol–water partition coefficient (Wildman–Crippen LogP) is 4.65. The van der Waals surface area contributed by atoms with Crippen LogP contribution < -0.4 is 5.32 Å². The molecule has 0 spiro atoms. The summed E-state index contributed by atoms with van der Waals surface area (Å²) in [6, 6.07) is 8.70. The maximum absolute atomic E-state index is 4.20. The molecular formula is C18H25N3. The van der Waals surface area contributed by atoms with E-state index in [2.05, 4.69) is 55.3 Å². The molecule has 1 aliphatic rings. The van der Waals surface area contributed by atoms with Gasteiger partial charge in [0.1, 0.15) is 0 Å². The van der Waals surface area contributed by atoms with Crippen molar-refractivity contribution in [3.05, 3.63) is 30.5 Å². The maximum Gasteiger partial charge on any atom is 0.0950 e. The second kappa shape index (κ2) is 4.97. The van der Waals surface area contributed by atoms with Gasteiger partial charge in [-0.25, -0.2) is 0 Å². The first-order valence-corrected chi connectivity index (χ1v) is 7.82. The Labute approximate surface area is 127 Å². The van der Waals surface area contributed by atoms with Crippen LogP contribution in [-0.4, -0.2) is 16.2 Å². The molecule has 1 aromatic heterocycles. The van der Waals surface area contributed by atoms with Gasteiger partial charge >= 0.3 is 0 Å². The number of aromatic nitrogens is 2. The number of hydrogen-bond acceptors (Lipinski definition) is 3. The standard InChI is InChI=1S/C18H25N3/c1-17(2)9-13(10-18(3,4)12-17)20-16-11-19-21-15-8-6-5-7-14(15)16/h5-8,11,13H,9-10,12H2,1-4H3,(H,20,21). The second-order valence-electron chi connectivity index (χ2n) is 8.03. The predicted molar refractivity (Wildman–Crippen MR) is 88.4 cm³/mol. The molecule has 3 rings (SSSR count). The van der Waals surface area contributed by atoms with Crippen LogP contribution >= 0.6 is 0 Å². The van der Waals surface area contributed by atoms with Crippen LogP contribution in [0.4, 0.5) is 5.69 Å². The van der Waals surface area contributed by atoms with Gasteiger partial charge < -0.3 is 5.32 Å². The lowest BCUT2D eigenvalue weighted by Crippen LogP contribution is -2.40. The number of hydrogen-bond donors (Lipinski definition) is 1. The molecule has 0 aliphatic heterocycles. The van der Waals surface area contributed by atoms with E-state index >= 15 is 0 Å². The number of nitrogens with zero attached hydrogens (tertiary/aromatic N) is 2. The molecule has 0 atom stereocenters. The molecular weight excluding hydrogens is 258 g/mol. The molecule has 1 saturated carbocycles. The molecule has 0 amide bonds. The van der Waals surface area contributed by atoms with Crippen LogP contribution in [0.2, 0.25) is 0 Å². The highest BCUT2D eigenvalue weighted by molar-refractivity contribution is 5.90. The molecule has 3 nitrogen and oxygen atoms in total. The van der Waals surface area contributed by atoms with E-state index in [9.17, 15) is 0 Å². The summed E-state index contributed by atoms with van der Waals surface area (Å²) in [5.41, 5.74) is 2.83. The minimum atomic E-state index is 0.385. The van der Waals surface area contributed by atoms with Crippen molar-refractivity contribution >= 4 is 16.6 Å². The zero-order chi connectivity index (χ0) is 15.1. The summed E-state index contributed by atoms with van der Waals surface area (Å²) in [6.45, 7) is 9.52. The van der Waals surface area contributed by atoms with Gasteiger partial charge in [0.15, 0.2) is 0 Å². The molecule has 1 heterocycles. The third kappa shape index (κ3) is 3.17. The highest BCUT2D eigenvalue weighted by Crippen LogP contribution is 2.46. The minimum Gasteiger partial charge on any atom is -0.380 e. The van der Waals surface area contributed by atoms with Crippen molar-refractivity contribution in [1.29, 1.82) is 0 Å². The first kappa shape index (κ1) is 14.3. The second-order valence-corrected chi connectivity index (χ2v) is 8.03. The van der Waals surface area contributed by atoms with Gasteiger partial charge in [-0.15, -0.1) is 0 Å². The van der Waals surface area contributed by atoms with E-state index in [4.69, 9.17) is 0 Å². The summed E-state index contributed by atoms with van der Waals surface area (Å²) in [5, 5.41) is 13.2. The largest absolute Gasteiger partial charge is 0.380 e. The highest BCUT2D eigenvalue weighted by Gasteiger charge is 2.38. The molecule has 21 heavy (non-hydrogen) atoms. The summed E-state index contributed by atoms with van der Waals surface area (Å²) in [4.78, 5) is 0. The fourth-order valence-corrected chi connectivity index (χ4v) is 4.29. The van der Waals surface area contributed by atoms with E-state index in [0.717, 1.165) is 16.6 Å². The average molecular weight is 283 g/mol. The lowest BCUT2D eigenvalue weighted by Gasteiger charge is -2.45. The van der Waals surface area contributed by atoms with Crippen molar-refractivity contribution in [3.63, 3.8) is 0 Å². The summed E-state index contributed by atoms with van der Waals surface area (Å²) in [7, 11) is 0. The first-order valence-electron chi connectivity index (χ1n) is 7.82. The molecule has 0 unspecified atom stereocenters. The van der Waals surface area contributed by atoms with E-state index in [1.165, 1.54) is 19.3 Å². The molecule has 2 aromatic rings. The van der Waals surface area contributed by atoms with Gasteiger partial charge in [0.05, 0.1) is 17.4 Å². The van der Waals surface area contributed by atoms with Gasteiger partial charge in [0.2, 0.25) is 0 Å². The third-order valence-electron chi connectivity index (χ3n) is 4.46. The molecule has 112 valence electrons. The van der Waals surface area contributed by atoms with Gasteiger partial charge in [-0.3, -0.25) is 0 Å². The van der Waals surface area contributed by atoms with Crippen molar-refractivity contribution in [2.75, 3.05) is 5.32 Å². The number of rotatable bonds is 2. The van der Waals surface area contributed by atoms with Gasteiger partial charge in [-0.2, -0.15) is 10.2 Å². The Balaban J connectivity index is 1.88. The average Bonchev–Trinajstić information content (AvgIpc) is 2.35. The Hall–Kier alpha value is -1.64. The quantitative estimate of drug-likeness (QED) is 0.872. The topological polar surface area (TPSA) is 37.8 Å². The van der Waals surface area contributed by atoms with E-state index in [-0.39, 0.29) is 0 Å². The summed E-state index contributed by atoms with van der Waals surface area (Å²) >= 11 is 0. The lowest BCUT2D eigenvalue weighted by molar-refractivity contribution is 0.105. The monoisotopic (exact) mass is 283 g/mol. The SMILES string of the molecule is CC1(C)CC(Nc2cnnc3ccccc23)CC(C)(C)C1. The number of benzene rings is 1. The first-order chi connectivity index (χ1) is 9.85. The minimum absolute atomic E-state index is 0.385. The summed E-state index contributed by atoms with van der Waals surface area (Å²) < 4.78 is 0. The smallest absolute Gasteiger partial charge is 0.0950 e. The highest BCUT2D eigenvalue weighted by atomic mass is 15.1. The molecule has 0 radical (unpaired) electrons. The van der Waals surface area contributed by atoms with Gasteiger partial charge in [0.25, 0.3) is 0 Å². The van der Waals surface area contributed by atoms with Crippen molar-refractivity contribution in [1.82, 2.24) is 10.2 Å². The van der Waals surface area contributed by atoms with Gasteiger partial charge in [0, 0.05) is 11.4 Å². The normalized spacial score (nSPS) is 21.3. The molecule has 0 bridgehead atoms. The lowest BCUT2D eigenvalue weighted by atomic mass is 9.63. The Morgan fingerprint density at radius 2 is 1.71 bits per heavy atom. The zero-order valence-electron chi connectivity index (χ0n) is 13.5. The van der Waals surface area contributed by atoms with E-state index in [0.29, 0.717) is 16.9 Å². The number of fused-ring (bicyclic) bond motifs is 1. The molecule has 1 aliphatic carbocycles. The van der Waals surface area contributed by atoms with Crippen molar-refractivity contribution in [2.24, 2.45) is 10.8 Å². The number of anilines is 1. The number of nitrogens with one attached hydrogen (secondary N) is 1. The van der Waals surface area contributed by atoms with Crippen molar-refractivity contribution in [2.45, 2.75) is 53.0 Å². The third-order valence-corrected chi connectivity index (χ3v) is 4.46. The Kier molecular flexibility index (Phi) is 3.39. The van der Waals surface area contributed by atoms with Crippen LogP contribution in [0.1, 0.15) is 47.0 Å². The molecule has 1 aromatic carbocycles.